The highest BCUT2D eigenvalue weighted by molar-refractivity contribution is 7.87. The van der Waals surface area contributed by atoms with E-state index in [4.69, 9.17) is 4.42 Å². The van der Waals surface area contributed by atoms with Crippen LogP contribution in [0.25, 0.3) is 11.0 Å². The molecule has 0 unspecified atom stereocenters. The van der Waals surface area contributed by atoms with Crippen LogP contribution in [-0.4, -0.2) is 13.9 Å². The molecule has 0 N–H and O–H groups in total. The van der Waals surface area contributed by atoms with Crippen molar-refractivity contribution in [3.63, 3.8) is 0 Å². The van der Waals surface area contributed by atoms with Crippen LogP contribution in [0, 0.1) is 0 Å². The molecule has 0 radical (unpaired) electrons. The first-order chi connectivity index (χ1) is 8.71. The molecule has 0 fully saturated rings. The summed E-state index contributed by atoms with van der Waals surface area (Å²) in [6, 6.07) is 6.19. The second-order valence-electron chi connectivity index (χ2n) is 3.41. The van der Waals surface area contributed by atoms with Crippen molar-refractivity contribution < 1.29 is 30.2 Å². The largest absolute Gasteiger partial charge is 0.534 e. The number of benzene rings is 1. The van der Waals surface area contributed by atoms with Gasteiger partial charge in [0, 0.05) is 0 Å². The van der Waals surface area contributed by atoms with Crippen molar-refractivity contribution in [2.45, 2.75) is 5.51 Å². The van der Waals surface area contributed by atoms with E-state index in [2.05, 4.69) is 4.18 Å². The summed E-state index contributed by atoms with van der Waals surface area (Å²) in [6.45, 7) is 0. The van der Waals surface area contributed by atoms with Gasteiger partial charge in [0.25, 0.3) is 0 Å². The van der Waals surface area contributed by atoms with E-state index in [0.717, 1.165) is 0 Å². The molecule has 0 spiro atoms. The Bertz CT molecular complexity index is 776. The van der Waals surface area contributed by atoms with E-state index in [9.17, 15) is 26.4 Å². The molecule has 1 aromatic carbocycles. The Kier molecular flexibility index (Phi) is 3.01. The van der Waals surface area contributed by atoms with Crippen LogP contribution in [0.4, 0.5) is 13.2 Å². The van der Waals surface area contributed by atoms with Crippen molar-refractivity contribution >= 4 is 21.1 Å². The molecule has 0 atom stereocenters. The van der Waals surface area contributed by atoms with Gasteiger partial charge in [-0.2, -0.15) is 21.6 Å². The smallest absolute Gasteiger partial charge is 0.425 e. The van der Waals surface area contributed by atoms with E-state index in [1.165, 1.54) is 24.3 Å². The number of hydrogen-bond acceptors (Lipinski definition) is 5. The summed E-state index contributed by atoms with van der Waals surface area (Å²) in [5, 5.41) is 0.0965. The SMILES string of the molecule is O=c1cc(OS(=O)(=O)C(F)(F)F)oc2ccccc12. The molecule has 102 valence electrons. The van der Waals surface area contributed by atoms with Gasteiger partial charge in [-0.25, -0.2) is 0 Å². The zero-order valence-electron chi connectivity index (χ0n) is 8.97. The summed E-state index contributed by atoms with van der Waals surface area (Å²) in [4.78, 5) is 11.5. The average Bonchev–Trinajstić information content (AvgIpc) is 2.27. The van der Waals surface area contributed by atoms with Gasteiger partial charge in [0.1, 0.15) is 5.58 Å². The lowest BCUT2D eigenvalue weighted by Gasteiger charge is -2.08. The minimum atomic E-state index is -5.87. The zero-order chi connectivity index (χ0) is 14.3. The van der Waals surface area contributed by atoms with Gasteiger partial charge in [-0.05, 0) is 12.1 Å². The van der Waals surface area contributed by atoms with E-state index >= 15 is 0 Å². The van der Waals surface area contributed by atoms with Crippen LogP contribution < -0.4 is 9.61 Å². The van der Waals surface area contributed by atoms with E-state index in [1.807, 2.05) is 0 Å². The number of halogens is 3. The first-order valence-electron chi connectivity index (χ1n) is 4.74. The molecule has 2 rings (SSSR count). The van der Waals surface area contributed by atoms with Gasteiger partial charge in [0.15, 0.2) is 5.43 Å². The maximum absolute atomic E-state index is 12.1. The van der Waals surface area contributed by atoms with Gasteiger partial charge >= 0.3 is 21.6 Å². The van der Waals surface area contributed by atoms with Crippen molar-refractivity contribution in [3.05, 3.63) is 40.6 Å². The number of rotatable bonds is 2. The van der Waals surface area contributed by atoms with Crippen molar-refractivity contribution in [1.29, 1.82) is 0 Å². The molecule has 1 aromatic heterocycles. The molecule has 0 amide bonds. The number of para-hydroxylation sites is 1. The summed E-state index contributed by atoms with van der Waals surface area (Å²) in [5.74, 6) is -1.04. The van der Waals surface area contributed by atoms with Crippen molar-refractivity contribution in [1.82, 2.24) is 0 Å². The van der Waals surface area contributed by atoms with E-state index in [1.54, 1.807) is 0 Å². The van der Waals surface area contributed by atoms with Crippen molar-refractivity contribution in [2.75, 3.05) is 0 Å². The quantitative estimate of drug-likeness (QED) is 0.626. The van der Waals surface area contributed by atoms with E-state index < -0.39 is 27.0 Å². The van der Waals surface area contributed by atoms with Crippen LogP contribution in [0.2, 0.25) is 0 Å². The Balaban J connectivity index is 2.52. The Morgan fingerprint density at radius 2 is 1.79 bits per heavy atom. The third kappa shape index (κ3) is 2.55. The molecule has 0 aliphatic rings. The summed E-state index contributed by atoms with van der Waals surface area (Å²) in [5.41, 5.74) is -6.39. The van der Waals surface area contributed by atoms with Crippen LogP contribution in [0.15, 0.2) is 39.5 Å². The van der Waals surface area contributed by atoms with Crippen molar-refractivity contribution in [2.24, 2.45) is 0 Å². The van der Waals surface area contributed by atoms with Crippen LogP contribution in [-0.2, 0) is 10.1 Å². The second kappa shape index (κ2) is 4.26. The maximum atomic E-state index is 12.1. The molecular weight excluding hydrogens is 289 g/mol. The topological polar surface area (TPSA) is 73.6 Å². The van der Waals surface area contributed by atoms with Crippen LogP contribution in [0.3, 0.4) is 0 Å². The minimum Gasteiger partial charge on any atom is -0.425 e. The predicted molar refractivity (Wildman–Crippen MR) is 58.1 cm³/mol. The predicted octanol–water partition coefficient (Wildman–Crippen LogP) is 2.02. The fourth-order valence-electron chi connectivity index (χ4n) is 1.28. The normalized spacial score (nSPS) is 12.6. The zero-order valence-corrected chi connectivity index (χ0v) is 9.79. The summed E-state index contributed by atoms with van der Waals surface area (Å²) in [7, 11) is -5.87. The highest BCUT2D eigenvalue weighted by Crippen LogP contribution is 2.27. The molecule has 0 bridgehead atoms. The molecule has 0 saturated carbocycles. The molecule has 5 nitrogen and oxygen atoms in total. The lowest BCUT2D eigenvalue weighted by molar-refractivity contribution is -0.0506. The average molecular weight is 294 g/mol. The second-order valence-corrected chi connectivity index (χ2v) is 4.95. The first-order valence-corrected chi connectivity index (χ1v) is 6.15. The van der Waals surface area contributed by atoms with Crippen LogP contribution in [0.5, 0.6) is 5.95 Å². The lowest BCUT2D eigenvalue weighted by atomic mass is 10.2. The third-order valence-electron chi connectivity index (χ3n) is 2.09. The Morgan fingerprint density at radius 1 is 1.16 bits per heavy atom. The standard InChI is InChI=1S/C10H5F3O5S/c11-10(12,13)19(15,16)18-9-5-7(14)6-3-1-2-4-8(6)17-9/h1-5H. The maximum Gasteiger partial charge on any atom is 0.534 e. The van der Waals surface area contributed by atoms with E-state index in [-0.39, 0.29) is 11.0 Å². The monoisotopic (exact) mass is 294 g/mol. The molecule has 19 heavy (non-hydrogen) atoms. The highest BCUT2D eigenvalue weighted by Gasteiger charge is 2.49. The van der Waals surface area contributed by atoms with Gasteiger partial charge in [0.05, 0.1) is 11.5 Å². The van der Waals surface area contributed by atoms with Gasteiger partial charge in [0.2, 0.25) is 0 Å². The lowest BCUT2D eigenvalue weighted by Crippen LogP contribution is -2.28. The van der Waals surface area contributed by atoms with Crippen LogP contribution in [0.1, 0.15) is 0 Å². The minimum absolute atomic E-state index is 0.0811. The molecule has 0 saturated heterocycles. The number of alkyl halides is 3. The number of fused-ring (bicyclic) bond motifs is 1. The van der Waals surface area contributed by atoms with Crippen molar-refractivity contribution in [3.8, 4) is 5.95 Å². The molecule has 0 aliphatic heterocycles. The summed E-state index contributed by atoms with van der Waals surface area (Å²) < 4.78 is 66.3. The summed E-state index contributed by atoms with van der Waals surface area (Å²) in [6.07, 6.45) is 0. The van der Waals surface area contributed by atoms with Gasteiger partial charge in [-0.15, -0.1) is 0 Å². The van der Waals surface area contributed by atoms with Crippen LogP contribution >= 0.6 is 0 Å². The Labute approximate surface area is 104 Å². The van der Waals surface area contributed by atoms with Gasteiger partial charge in [-0.1, -0.05) is 12.1 Å². The highest BCUT2D eigenvalue weighted by atomic mass is 32.2. The number of hydrogen-bond donors (Lipinski definition) is 0. The molecule has 9 heteroatoms. The Hall–Kier alpha value is -2.03. The molecular formula is C10H5F3O5S. The molecule has 1 heterocycles. The van der Waals surface area contributed by atoms with Gasteiger partial charge < -0.3 is 8.60 Å². The Morgan fingerprint density at radius 3 is 2.42 bits per heavy atom. The van der Waals surface area contributed by atoms with Gasteiger partial charge in [-0.3, -0.25) is 4.79 Å². The third-order valence-corrected chi connectivity index (χ3v) is 3.04. The molecule has 2 aromatic rings. The fourth-order valence-corrected chi connectivity index (χ4v) is 1.67. The fraction of sp³-hybridized carbons (Fsp3) is 0.100. The van der Waals surface area contributed by atoms with E-state index in [0.29, 0.717) is 6.07 Å². The summed E-state index contributed by atoms with van der Waals surface area (Å²) >= 11 is 0. The first kappa shape index (κ1) is 13.4. The molecule has 0 aliphatic carbocycles.